The molecule has 13 nitrogen and oxygen atoms in total. The van der Waals surface area contributed by atoms with Crippen molar-refractivity contribution in [3.05, 3.63) is 84.1 Å². The first-order valence-corrected chi connectivity index (χ1v) is 23.9. The Labute approximate surface area is 399 Å². The van der Waals surface area contributed by atoms with Crippen molar-refractivity contribution in [2.45, 2.75) is 147 Å². The molecule has 0 saturated carbocycles. The minimum Gasteiger partial charge on any atom is -0.462 e. The molecule has 0 bridgehead atoms. The molecule has 2 saturated heterocycles. The minimum absolute atomic E-state index is 0. The zero-order valence-corrected chi connectivity index (χ0v) is 34.7. The van der Waals surface area contributed by atoms with Crippen LogP contribution in [0, 0.1) is 0 Å². The van der Waals surface area contributed by atoms with Crippen LogP contribution in [0.4, 0.5) is 4.79 Å². The molecule has 0 aliphatic carbocycles. The minimum atomic E-state index is -2.65. The lowest BCUT2D eigenvalue weighted by Gasteiger charge is -2.16. The fraction of sp³-hybridized carbons (Fsp3) is 0.556. The second-order valence-electron chi connectivity index (χ2n) is 13.4. The summed E-state index contributed by atoms with van der Waals surface area (Å²) in [6, 6.07) is 15.3. The number of aromatic nitrogens is 3. The Balaban J connectivity index is -0.00000218. The highest BCUT2D eigenvalue weighted by Crippen LogP contribution is 2.59. The molecule has 5 rings (SSSR count). The van der Waals surface area contributed by atoms with E-state index in [1.807, 2.05) is 54.4 Å². The SMILES string of the molecule is C.C.C.C.C.C.C.C.CN(/N=C/c1ccc(OC=COc2ccc(CCNC(=O)Cn3cc(CCCCCC(=O)CCCCC4SCC5NC(=O)NC54)nn3)cc2)cc1)P(=S)(Cl)Cl. The number of amides is 3. The molecule has 3 heterocycles. The van der Waals surface area contributed by atoms with Gasteiger partial charge in [0.15, 0.2) is 0 Å². The van der Waals surface area contributed by atoms with E-state index in [0.29, 0.717) is 48.3 Å². The van der Waals surface area contributed by atoms with Gasteiger partial charge in [0, 0.05) is 43.6 Å². The molecular weight excluding hydrogens is 899 g/mol. The number of unbranched alkanes of at least 4 members (excludes halogenated alkanes) is 3. The Morgan fingerprint density at radius 3 is 2.13 bits per heavy atom. The first-order chi connectivity index (χ1) is 26.5. The number of Topliss-reactive ketones (excluding diaryl/α,β-unsaturated/α-hetero) is 1. The van der Waals surface area contributed by atoms with Gasteiger partial charge in [-0.3, -0.25) is 9.59 Å². The number of hydrogen-bond acceptors (Lipinski definition) is 10. The van der Waals surface area contributed by atoms with Crippen molar-refractivity contribution in [1.82, 2.24) is 35.7 Å². The Hall–Kier alpha value is -3.62. The van der Waals surface area contributed by atoms with E-state index >= 15 is 0 Å². The van der Waals surface area contributed by atoms with E-state index in [-0.39, 0.29) is 90.0 Å². The molecule has 63 heavy (non-hydrogen) atoms. The quantitative estimate of drug-likeness (QED) is 0.0209. The number of hydrazone groups is 1. The molecule has 2 fully saturated rings. The molecule has 2 aliphatic heterocycles. The van der Waals surface area contributed by atoms with E-state index in [0.717, 1.165) is 67.5 Å². The van der Waals surface area contributed by atoms with Crippen LogP contribution in [0.2, 0.25) is 0 Å². The standard InChI is InChI=1S/C37H47Cl2N8O5PS2.8CH4/c1-46(53(38,39)54)41-23-28-13-17-32(18-14-28)52-22-21-51-31-15-11-27(12-16-31)19-20-40-35(49)25-47-24-29(44-45-47)7-3-2-4-8-30(48)9-5-6-10-34-36-33(26-55-34)42-37(50)43-36;;;;;;;;/h11-18,21-24,33-34,36H,2-10,19-20,25-26H2,1H3,(H,40,49)(H2,42,43,50);8*1H4/b22-21?,41-23+;;;;;;;;. The van der Waals surface area contributed by atoms with Gasteiger partial charge < -0.3 is 25.4 Å². The van der Waals surface area contributed by atoms with Gasteiger partial charge in [0.2, 0.25) is 10.8 Å². The molecule has 3 amide bonds. The van der Waals surface area contributed by atoms with E-state index in [2.05, 4.69) is 31.4 Å². The second-order valence-corrected chi connectivity index (χ2v) is 22.3. The number of halogens is 2. The van der Waals surface area contributed by atoms with Crippen LogP contribution in [0.1, 0.15) is 128 Å². The number of ether oxygens (including phenoxy) is 2. The average molecular weight is 978 g/mol. The van der Waals surface area contributed by atoms with Crippen molar-refractivity contribution in [2.75, 3.05) is 19.3 Å². The van der Waals surface area contributed by atoms with Gasteiger partial charge in [-0.25, -0.2) is 14.3 Å². The first-order valence-electron chi connectivity index (χ1n) is 18.3. The zero-order chi connectivity index (χ0) is 39.0. The summed E-state index contributed by atoms with van der Waals surface area (Å²) in [6.45, 7) is 0.590. The maximum Gasteiger partial charge on any atom is 0.315 e. The van der Waals surface area contributed by atoms with E-state index in [1.165, 1.54) is 17.3 Å². The molecule has 3 aromatic rings. The number of nitrogens with one attached hydrogen (secondary N) is 3. The molecule has 0 radical (unpaired) electrons. The highest BCUT2D eigenvalue weighted by atomic mass is 35.9. The summed E-state index contributed by atoms with van der Waals surface area (Å²) >= 11 is 18.8. The highest BCUT2D eigenvalue weighted by Gasteiger charge is 2.42. The van der Waals surface area contributed by atoms with Crippen LogP contribution in [0.3, 0.4) is 0 Å². The van der Waals surface area contributed by atoms with Gasteiger partial charge in [0.1, 0.15) is 36.4 Å². The summed E-state index contributed by atoms with van der Waals surface area (Å²) in [5.74, 6) is 2.43. The lowest BCUT2D eigenvalue weighted by molar-refractivity contribution is -0.122. The Kier molecular flexibility index (Phi) is 35.4. The van der Waals surface area contributed by atoms with Gasteiger partial charge >= 0.3 is 6.03 Å². The first kappa shape index (κ1) is 66.0. The van der Waals surface area contributed by atoms with Crippen molar-refractivity contribution in [2.24, 2.45) is 5.10 Å². The molecule has 1 aromatic heterocycles. The molecule has 360 valence electrons. The van der Waals surface area contributed by atoms with Gasteiger partial charge in [0.25, 0.3) is 0 Å². The predicted octanol–water partition coefficient (Wildman–Crippen LogP) is 12.0. The van der Waals surface area contributed by atoms with E-state index in [9.17, 15) is 14.4 Å². The number of aryl methyl sites for hydroxylation is 1. The maximum absolute atomic E-state index is 12.5. The smallest absolute Gasteiger partial charge is 0.315 e. The third kappa shape index (κ3) is 23.2. The maximum atomic E-state index is 12.5. The summed E-state index contributed by atoms with van der Waals surface area (Å²) in [5.41, 5.74) is 2.73. The van der Waals surface area contributed by atoms with Crippen molar-refractivity contribution in [1.29, 1.82) is 0 Å². The summed E-state index contributed by atoms with van der Waals surface area (Å²) in [6.07, 6.45) is 14.7. The summed E-state index contributed by atoms with van der Waals surface area (Å²) in [7, 11) is 1.63. The third-order valence-electron chi connectivity index (χ3n) is 9.13. The van der Waals surface area contributed by atoms with Gasteiger partial charge in [-0.2, -0.15) is 16.9 Å². The topological polar surface area (TPSA) is 152 Å². The second kappa shape index (κ2) is 33.8. The lowest BCUT2D eigenvalue weighted by Crippen LogP contribution is -2.36. The summed E-state index contributed by atoms with van der Waals surface area (Å²) in [5, 5.41) is 21.8. The molecule has 18 heteroatoms. The van der Waals surface area contributed by atoms with E-state index in [4.69, 9.17) is 43.8 Å². The molecule has 3 unspecified atom stereocenters. The predicted molar refractivity (Wildman–Crippen MR) is 276 cm³/mol. The largest absolute Gasteiger partial charge is 0.462 e. The van der Waals surface area contributed by atoms with Gasteiger partial charge in [-0.15, -0.1) is 5.10 Å². The molecule has 2 aliphatic rings. The van der Waals surface area contributed by atoms with E-state index < -0.39 is 4.89 Å². The number of carbonyl (C=O) groups excluding carboxylic acids is 3. The number of thioether (sulfide) groups is 1. The highest BCUT2D eigenvalue weighted by molar-refractivity contribution is 8.37. The van der Waals surface area contributed by atoms with Crippen LogP contribution in [0.25, 0.3) is 0 Å². The molecular formula is C45H79Cl2N8O5PS2. The van der Waals surface area contributed by atoms with Crippen LogP contribution in [0.5, 0.6) is 11.5 Å². The van der Waals surface area contributed by atoms with Crippen LogP contribution < -0.4 is 25.4 Å². The average Bonchev–Trinajstić information content (AvgIpc) is 3.87. The van der Waals surface area contributed by atoms with Crippen LogP contribution in [0.15, 0.2) is 72.4 Å². The van der Waals surface area contributed by atoms with Crippen molar-refractivity contribution >= 4 is 74.9 Å². The Bertz CT molecular complexity index is 1830. The number of urea groups is 1. The number of nitrogens with zero attached hydrogens (tertiary/aromatic N) is 5. The Morgan fingerprint density at radius 1 is 0.905 bits per heavy atom. The molecule has 3 N–H and O–H groups in total. The zero-order valence-electron chi connectivity index (χ0n) is 30.6. The molecule has 3 atom stereocenters. The van der Waals surface area contributed by atoms with Crippen LogP contribution in [-0.2, 0) is 40.8 Å². The number of carbonyl (C=O) groups is 3. The summed E-state index contributed by atoms with van der Waals surface area (Å²) < 4.78 is 14.1. The van der Waals surface area contributed by atoms with Crippen molar-refractivity contribution in [3.63, 3.8) is 0 Å². The summed E-state index contributed by atoms with van der Waals surface area (Å²) in [4.78, 5) is 33.7. The molecule has 2 aromatic carbocycles. The number of ketones is 1. The fourth-order valence-electron chi connectivity index (χ4n) is 6.11. The lowest BCUT2D eigenvalue weighted by atomic mass is 10.0. The van der Waals surface area contributed by atoms with Gasteiger partial charge in [0.05, 0.1) is 24.0 Å². The normalized spacial score (nSPS) is 15.7. The molecule has 0 spiro atoms. The van der Waals surface area contributed by atoms with Gasteiger partial charge in [-0.1, -0.05) is 89.6 Å². The third-order valence-corrected chi connectivity index (χ3v) is 13.4. The Morgan fingerprint density at radius 2 is 1.51 bits per heavy atom. The fourth-order valence-corrected chi connectivity index (χ4v) is 8.19. The van der Waals surface area contributed by atoms with E-state index in [1.54, 1.807) is 30.1 Å². The van der Waals surface area contributed by atoms with Crippen molar-refractivity contribution < 1.29 is 23.9 Å². The van der Waals surface area contributed by atoms with Crippen LogP contribution >= 0.6 is 39.1 Å². The van der Waals surface area contributed by atoms with Gasteiger partial charge in [-0.05, 0) is 120 Å². The van der Waals surface area contributed by atoms with Crippen LogP contribution in [-0.4, -0.2) is 80.4 Å². The monoisotopic (exact) mass is 976 g/mol. The number of rotatable bonds is 23. The number of benzene rings is 2. The number of hydrogen-bond donors (Lipinski definition) is 3. The van der Waals surface area contributed by atoms with Crippen molar-refractivity contribution in [3.8, 4) is 11.5 Å². The number of fused-ring (bicyclic) bond motifs is 1.